The molecule has 1 aliphatic heterocycles. The predicted octanol–water partition coefficient (Wildman–Crippen LogP) is 2.44. The van der Waals surface area contributed by atoms with Crippen molar-refractivity contribution in [2.45, 2.75) is 32.6 Å². The highest BCUT2D eigenvalue weighted by Gasteiger charge is 2.15. The number of allylic oxidation sites excluding steroid dienone is 3. The van der Waals surface area contributed by atoms with Crippen LogP contribution in [0.15, 0.2) is 24.3 Å². The lowest BCUT2D eigenvalue weighted by atomic mass is 10.1. The smallest absolute Gasteiger partial charge is 0.243 e. The standard InChI is InChI=1S/C14H23NO2/c1-2-3-4-5-6-7-8-14(16)15-11-13-9-10-17-12-13/h3-4,7-8,13H,2,5-6,9-12H2,1H3,(H,15,16). The third-order valence-electron chi connectivity index (χ3n) is 2.76. The first-order chi connectivity index (χ1) is 8.33. The van der Waals surface area contributed by atoms with E-state index in [4.69, 9.17) is 4.74 Å². The van der Waals surface area contributed by atoms with Crippen LogP contribution < -0.4 is 5.32 Å². The first kappa shape index (κ1) is 14.0. The molecule has 0 saturated carbocycles. The molecule has 0 aromatic rings. The van der Waals surface area contributed by atoms with Crippen LogP contribution >= 0.6 is 0 Å². The number of nitrogens with one attached hydrogen (secondary N) is 1. The largest absolute Gasteiger partial charge is 0.381 e. The van der Waals surface area contributed by atoms with Gasteiger partial charge in [-0.15, -0.1) is 0 Å². The minimum Gasteiger partial charge on any atom is -0.381 e. The van der Waals surface area contributed by atoms with E-state index in [9.17, 15) is 4.79 Å². The highest BCUT2D eigenvalue weighted by atomic mass is 16.5. The van der Waals surface area contributed by atoms with E-state index in [0.29, 0.717) is 5.92 Å². The Hall–Kier alpha value is -1.09. The number of carbonyl (C=O) groups excluding carboxylic acids is 1. The van der Waals surface area contributed by atoms with Crippen LogP contribution in [0.5, 0.6) is 0 Å². The fraction of sp³-hybridized carbons (Fsp3) is 0.643. The van der Waals surface area contributed by atoms with Crippen LogP contribution in [0.1, 0.15) is 32.6 Å². The minimum absolute atomic E-state index is 0.0105. The summed E-state index contributed by atoms with van der Waals surface area (Å²) in [6.45, 7) is 4.47. The molecule has 0 bridgehead atoms. The van der Waals surface area contributed by atoms with Gasteiger partial charge in [-0.05, 0) is 31.8 Å². The van der Waals surface area contributed by atoms with E-state index in [2.05, 4.69) is 24.4 Å². The Morgan fingerprint density at radius 3 is 2.88 bits per heavy atom. The molecule has 0 radical (unpaired) electrons. The van der Waals surface area contributed by atoms with Gasteiger partial charge in [-0.1, -0.05) is 25.2 Å². The quantitative estimate of drug-likeness (QED) is 0.419. The van der Waals surface area contributed by atoms with Crippen LogP contribution in [0, 0.1) is 5.92 Å². The van der Waals surface area contributed by atoms with Crippen molar-refractivity contribution in [3.8, 4) is 0 Å². The average molecular weight is 237 g/mol. The van der Waals surface area contributed by atoms with Gasteiger partial charge in [0.05, 0.1) is 6.61 Å². The topological polar surface area (TPSA) is 38.3 Å². The molecule has 0 aromatic carbocycles. The third-order valence-corrected chi connectivity index (χ3v) is 2.76. The van der Waals surface area contributed by atoms with Crippen molar-refractivity contribution in [1.29, 1.82) is 0 Å². The number of carbonyl (C=O) groups is 1. The van der Waals surface area contributed by atoms with E-state index < -0.39 is 0 Å². The van der Waals surface area contributed by atoms with E-state index in [1.54, 1.807) is 6.08 Å². The Kier molecular flexibility index (Phi) is 7.39. The van der Waals surface area contributed by atoms with Crippen LogP contribution in [0.4, 0.5) is 0 Å². The molecular weight excluding hydrogens is 214 g/mol. The number of hydrogen-bond acceptors (Lipinski definition) is 2. The molecule has 17 heavy (non-hydrogen) atoms. The summed E-state index contributed by atoms with van der Waals surface area (Å²) in [6, 6.07) is 0. The molecule has 1 saturated heterocycles. The van der Waals surface area contributed by atoms with Crippen molar-refractivity contribution in [3.63, 3.8) is 0 Å². The summed E-state index contributed by atoms with van der Waals surface area (Å²) < 4.78 is 5.25. The fourth-order valence-corrected chi connectivity index (χ4v) is 1.72. The summed E-state index contributed by atoms with van der Waals surface area (Å²) >= 11 is 0. The molecule has 1 N–H and O–H groups in total. The summed E-state index contributed by atoms with van der Waals surface area (Å²) in [7, 11) is 0. The molecule has 1 heterocycles. The monoisotopic (exact) mass is 237 g/mol. The van der Waals surface area contributed by atoms with Gasteiger partial charge in [0.1, 0.15) is 0 Å². The van der Waals surface area contributed by atoms with Crippen molar-refractivity contribution >= 4 is 5.91 Å². The molecular formula is C14H23NO2. The van der Waals surface area contributed by atoms with Gasteiger partial charge in [0, 0.05) is 19.1 Å². The van der Waals surface area contributed by atoms with Crippen LogP contribution in [0.2, 0.25) is 0 Å². The van der Waals surface area contributed by atoms with Gasteiger partial charge < -0.3 is 10.1 Å². The molecule has 1 aliphatic rings. The zero-order valence-corrected chi connectivity index (χ0v) is 10.7. The van der Waals surface area contributed by atoms with E-state index in [1.165, 1.54) is 0 Å². The van der Waals surface area contributed by atoms with Crippen molar-refractivity contribution in [2.75, 3.05) is 19.8 Å². The van der Waals surface area contributed by atoms with Crippen molar-refractivity contribution in [1.82, 2.24) is 5.32 Å². The SMILES string of the molecule is CCC=CCCC=CC(=O)NCC1CCOC1. The van der Waals surface area contributed by atoms with Crippen molar-refractivity contribution in [2.24, 2.45) is 5.92 Å². The number of unbranched alkanes of at least 4 members (excludes halogenated alkanes) is 1. The first-order valence-corrected chi connectivity index (χ1v) is 6.50. The highest BCUT2D eigenvalue weighted by molar-refractivity contribution is 5.87. The van der Waals surface area contributed by atoms with Crippen molar-refractivity contribution < 1.29 is 9.53 Å². The maximum absolute atomic E-state index is 11.4. The Bertz CT molecular complexity index is 265. The summed E-state index contributed by atoms with van der Waals surface area (Å²) in [5.41, 5.74) is 0. The Labute approximate surface area is 104 Å². The Morgan fingerprint density at radius 1 is 1.35 bits per heavy atom. The lowest BCUT2D eigenvalue weighted by molar-refractivity contribution is -0.116. The second-order valence-corrected chi connectivity index (χ2v) is 4.33. The van der Waals surface area contributed by atoms with Gasteiger partial charge in [0.25, 0.3) is 0 Å². The van der Waals surface area contributed by atoms with Gasteiger partial charge >= 0.3 is 0 Å². The van der Waals surface area contributed by atoms with E-state index in [0.717, 1.165) is 45.4 Å². The molecule has 0 spiro atoms. The van der Waals surface area contributed by atoms with E-state index >= 15 is 0 Å². The van der Waals surface area contributed by atoms with E-state index in [-0.39, 0.29) is 5.91 Å². The third kappa shape index (κ3) is 6.95. The lowest BCUT2D eigenvalue weighted by Crippen LogP contribution is -2.27. The molecule has 3 nitrogen and oxygen atoms in total. The van der Waals surface area contributed by atoms with Crippen LogP contribution in [-0.2, 0) is 9.53 Å². The van der Waals surface area contributed by atoms with Crippen LogP contribution in [0.25, 0.3) is 0 Å². The van der Waals surface area contributed by atoms with E-state index in [1.807, 2.05) is 6.08 Å². The average Bonchev–Trinajstić information content (AvgIpc) is 2.84. The molecule has 96 valence electrons. The molecule has 1 fully saturated rings. The molecule has 3 heteroatoms. The molecule has 0 aromatic heterocycles. The summed E-state index contributed by atoms with van der Waals surface area (Å²) in [6.07, 6.45) is 11.9. The second-order valence-electron chi connectivity index (χ2n) is 4.33. The first-order valence-electron chi connectivity index (χ1n) is 6.50. The summed E-state index contributed by atoms with van der Waals surface area (Å²) in [4.78, 5) is 11.4. The van der Waals surface area contributed by atoms with Gasteiger partial charge in [-0.25, -0.2) is 0 Å². The molecule has 1 atom stereocenters. The van der Waals surface area contributed by atoms with Crippen LogP contribution in [-0.4, -0.2) is 25.7 Å². The Balaban J connectivity index is 2.03. The molecule has 1 amide bonds. The second kappa shape index (κ2) is 8.99. The fourth-order valence-electron chi connectivity index (χ4n) is 1.72. The predicted molar refractivity (Wildman–Crippen MR) is 69.7 cm³/mol. The zero-order chi connectivity index (χ0) is 12.3. The molecule has 0 aliphatic carbocycles. The normalized spacial score (nSPS) is 20.4. The maximum Gasteiger partial charge on any atom is 0.243 e. The minimum atomic E-state index is 0.0105. The molecule has 1 unspecified atom stereocenters. The number of rotatable bonds is 7. The number of amides is 1. The van der Waals surface area contributed by atoms with Crippen LogP contribution in [0.3, 0.4) is 0 Å². The Morgan fingerprint density at radius 2 is 2.18 bits per heavy atom. The number of ether oxygens (including phenoxy) is 1. The molecule has 1 rings (SSSR count). The summed E-state index contributed by atoms with van der Waals surface area (Å²) in [5.74, 6) is 0.510. The van der Waals surface area contributed by atoms with Gasteiger partial charge in [-0.3, -0.25) is 4.79 Å². The lowest BCUT2D eigenvalue weighted by Gasteiger charge is -2.06. The number of hydrogen-bond donors (Lipinski definition) is 1. The zero-order valence-electron chi connectivity index (χ0n) is 10.7. The van der Waals surface area contributed by atoms with Gasteiger partial charge in [0.15, 0.2) is 0 Å². The van der Waals surface area contributed by atoms with Crippen molar-refractivity contribution in [3.05, 3.63) is 24.3 Å². The van der Waals surface area contributed by atoms with Gasteiger partial charge in [-0.2, -0.15) is 0 Å². The van der Waals surface area contributed by atoms with Gasteiger partial charge in [0.2, 0.25) is 5.91 Å². The maximum atomic E-state index is 11.4. The summed E-state index contributed by atoms with van der Waals surface area (Å²) in [5, 5.41) is 2.90. The highest BCUT2D eigenvalue weighted by Crippen LogP contribution is 2.10.